The number of aryl methyl sites for hydroxylation is 1. The van der Waals surface area contributed by atoms with Crippen molar-refractivity contribution in [2.45, 2.75) is 37.4 Å². The van der Waals surface area contributed by atoms with E-state index >= 15 is 0 Å². The highest BCUT2D eigenvalue weighted by molar-refractivity contribution is 5.81. The zero-order valence-corrected chi connectivity index (χ0v) is 15.3. The first-order valence-corrected chi connectivity index (χ1v) is 9.29. The molecular formula is C22H27NO3. The lowest BCUT2D eigenvalue weighted by molar-refractivity contribution is -0.175. The van der Waals surface area contributed by atoms with E-state index in [1.54, 1.807) is 12.1 Å². The predicted molar refractivity (Wildman–Crippen MR) is 102 cm³/mol. The molecule has 0 amide bonds. The SMILES string of the molecule is CN1CCC(OC(=O)C(O)(CCc2ccccc2)c2ccccc2)CC1. The summed E-state index contributed by atoms with van der Waals surface area (Å²) in [5.41, 5.74) is 0.0586. The van der Waals surface area contributed by atoms with E-state index in [0.717, 1.165) is 31.5 Å². The lowest BCUT2D eigenvalue weighted by atomic mass is 9.87. The summed E-state index contributed by atoms with van der Waals surface area (Å²) in [5, 5.41) is 11.3. The second-order valence-corrected chi connectivity index (χ2v) is 7.12. The topological polar surface area (TPSA) is 49.8 Å². The van der Waals surface area contributed by atoms with Crippen LogP contribution in [0.4, 0.5) is 0 Å². The number of piperidine rings is 1. The van der Waals surface area contributed by atoms with Crippen molar-refractivity contribution in [1.29, 1.82) is 0 Å². The number of likely N-dealkylation sites (tertiary alicyclic amines) is 1. The molecule has 1 fully saturated rings. The Morgan fingerprint density at radius 3 is 2.27 bits per heavy atom. The Morgan fingerprint density at radius 2 is 1.65 bits per heavy atom. The molecule has 1 aliphatic heterocycles. The minimum absolute atomic E-state index is 0.120. The Balaban J connectivity index is 1.75. The highest BCUT2D eigenvalue weighted by Gasteiger charge is 2.40. The van der Waals surface area contributed by atoms with Crippen molar-refractivity contribution in [3.8, 4) is 0 Å². The number of esters is 1. The number of hydrogen-bond donors (Lipinski definition) is 1. The zero-order valence-electron chi connectivity index (χ0n) is 15.3. The van der Waals surface area contributed by atoms with Crippen molar-refractivity contribution in [3.63, 3.8) is 0 Å². The highest BCUT2D eigenvalue weighted by atomic mass is 16.6. The summed E-state index contributed by atoms with van der Waals surface area (Å²) in [7, 11) is 2.07. The molecule has 0 aromatic heterocycles. The van der Waals surface area contributed by atoms with Gasteiger partial charge < -0.3 is 14.7 Å². The second kappa shape index (κ2) is 8.47. The van der Waals surface area contributed by atoms with Gasteiger partial charge >= 0.3 is 5.97 Å². The van der Waals surface area contributed by atoms with Crippen molar-refractivity contribution in [2.24, 2.45) is 0 Å². The Hall–Kier alpha value is -2.17. The third kappa shape index (κ3) is 4.51. The zero-order chi connectivity index (χ0) is 18.4. The molecule has 2 aromatic carbocycles. The first-order valence-electron chi connectivity index (χ1n) is 9.29. The number of aliphatic hydroxyl groups is 1. The Bertz CT molecular complexity index is 696. The van der Waals surface area contributed by atoms with E-state index in [1.807, 2.05) is 48.5 Å². The van der Waals surface area contributed by atoms with Crippen LogP contribution in [0.3, 0.4) is 0 Å². The van der Waals surface area contributed by atoms with Gasteiger partial charge in [-0.15, -0.1) is 0 Å². The van der Waals surface area contributed by atoms with E-state index in [4.69, 9.17) is 4.74 Å². The maximum atomic E-state index is 13.0. The van der Waals surface area contributed by atoms with Crippen molar-refractivity contribution in [1.82, 2.24) is 4.90 Å². The van der Waals surface area contributed by atoms with Gasteiger partial charge in [0.1, 0.15) is 6.10 Å². The first-order chi connectivity index (χ1) is 12.6. The van der Waals surface area contributed by atoms with Crippen molar-refractivity contribution in [2.75, 3.05) is 20.1 Å². The number of carbonyl (C=O) groups is 1. The number of benzene rings is 2. The van der Waals surface area contributed by atoms with Gasteiger partial charge in [0.15, 0.2) is 5.60 Å². The summed E-state index contributed by atoms with van der Waals surface area (Å²) >= 11 is 0. The molecule has 1 N–H and O–H groups in total. The van der Waals surface area contributed by atoms with Gasteiger partial charge in [0, 0.05) is 13.1 Å². The normalized spacial score (nSPS) is 18.2. The van der Waals surface area contributed by atoms with Crippen molar-refractivity contribution < 1.29 is 14.6 Å². The van der Waals surface area contributed by atoms with Gasteiger partial charge in [-0.05, 0) is 43.9 Å². The second-order valence-electron chi connectivity index (χ2n) is 7.12. The van der Waals surface area contributed by atoms with E-state index in [1.165, 1.54) is 0 Å². The molecule has 138 valence electrons. The van der Waals surface area contributed by atoms with Gasteiger partial charge in [-0.2, -0.15) is 0 Å². The Labute approximate surface area is 155 Å². The molecule has 1 unspecified atom stereocenters. The van der Waals surface area contributed by atoms with Gasteiger partial charge in [-0.25, -0.2) is 4.79 Å². The van der Waals surface area contributed by atoms with Crippen molar-refractivity contribution in [3.05, 3.63) is 71.8 Å². The molecule has 4 nitrogen and oxygen atoms in total. The molecule has 1 atom stereocenters. The smallest absolute Gasteiger partial charge is 0.343 e. The molecule has 26 heavy (non-hydrogen) atoms. The maximum absolute atomic E-state index is 13.0. The van der Waals surface area contributed by atoms with Crippen LogP contribution < -0.4 is 0 Å². The monoisotopic (exact) mass is 353 g/mol. The quantitative estimate of drug-likeness (QED) is 0.811. The van der Waals surface area contributed by atoms with Crippen LogP contribution in [-0.4, -0.2) is 42.2 Å². The molecule has 0 radical (unpaired) electrons. The standard InChI is InChI=1S/C22H27NO3/c1-23-16-13-20(14-17-23)26-21(24)22(25,19-10-6-3-7-11-19)15-12-18-8-4-2-5-9-18/h2-11,20,25H,12-17H2,1H3. The molecule has 1 saturated heterocycles. The van der Waals surface area contributed by atoms with Crippen LogP contribution in [0.1, 0.15) is 30.4 Å². The van der Waals surface area contributed by atoms with Gasteiger partial charge in [0.2, 0.25) is 0 Å². The van der Waals surface area contributed by atoms with Crippen LogP contribution in [0.2, 0.25) is 0 Å². The van der Waals surface area contributed by atoms with Crippen LogP contribution in [0.25, 0.3) is 0 Å². The van der Waals surface area contributed by atoms with E-state index in [-0.39, 0.29) is 6.10 Å². The van der Waals surface area contributed by atoms with Gasteiger partial charge in [-0.3, -0.25) is 0 Å². The van der Waals surface area contributed by atoms with Crippen LogP contribution in [0.5, 0.6) is 0 Å². The lowest BCUT2D eigenvalue weighted by Gasteiger charge is -2.32. The molecular weight excluding hydrogens is 326 g/mol. The third-order valence-electron chi connectivity index (χ3n) is 5.15. The molecule has 0 aliphatic carbocycles. The molecule has 1 heterocycles. The number of ether oxygens (including phenoxy) is 1. The van der Waals surface area contributed by atoms with Crippen LogP contribution in [0.15, 0.2) is 60.7 Å². The highest BCUT2D eigenvalue weighted by Crippen LogP contribution is 2.30. The molecule has 1 aliphatic rings. The molecule has 4 heteroatoms. The lowest BCUT2D eigenvalue weighted by Crippen LogP contribution is -2.42. The molecule has 2 aromatic rings. The summed E-state index contributed by atoms with van der Waals surface area (Å²) in [5.74, 6) is -0.533. The number of carbonyl (C=O) groups excluding carboxylic acids is 1. The van der Waals surface area contributed by atoms with E-state index in [9.17, 15) is 9.90 Å². The average molecular weight is 353 g/mol. The molecule has 0 saturated carbocycles. The average Bonchev–Trinajstić information content (AvgIpc) is 2.69. The summed E-state index contributed by atoms with van der Waals surface area (Å²) in [6.45, 7) is 1.82. The van der Waals surface area contributed by atoms with Gasteiger partial charge in [0.25, 0.3) is 0 Å². The minimum atomic E-state index is -1.62. The number of rotatable bonds is 6. The molecule has 0 bridgehead atoms. The van der Waals surface area contributed by atoms with E-state index in [0.29, 0.717) is 18.4 Å². The fraction of sp³-hybridized carbons (Fsp3) is 0.409. The first kappa shape index (κ1) is 18.6. The van der Waals surface area contributed by atoms with Crippen LogP contribution >= 0.6 is 0 Å². The number of nitrogens with zero attached hydrogens (tertiary/aromatic N) is 1. The summed E-state index contributed by atoms with van der Waals surface area (Å²) in [6.07, 6.45) is 2.41. The van der Waals surface area contributed by atoms with Crippen molar-refractivity contribution >= 4 is 5.97 Å². The van der Waals surface area contributed by atoms with Crippen LogP contribution in [0, 0.1) is 0 Å². The number of hydrogen-bond acceptors (Lipinski definition) is 4. The summed E-state index contributed by atoms with van der Waals surface area (Å²) < 4.78 is 5.73. The van der Waals surface area contributed by atoms with E-state index in [2.05, 4.69) is 11.9 Å². The van der Waals surface area contributed by atoms with Gasteiger partial charge in [-0.1, -0.05) is 60.7 Å². The van der Waals surface area contributed by atoms with Crippen LogP contribution in [-0.2, 0) is 21.6 Å². The summed E-state index contributed by atoms with van der Waals surface area (Å²) in [4.78, 5) is 15.2. The molecule has 3 rings (SSSR count). The fourth-order valence-corrected chi connectivity index (χ4v) is 3.40. The Kier molecular flexibility index (Phi) is 6.07. The fourth-order valence-electron chi connectivity index (χ4n) is 3.40. The minimum Gasteiger partial charge on any atom is -0.460 e. The third-order valence-corrected chi connectivity index (χ3v) is 5.15. The Morgan fingerprint density at radius 1 is 1.08 bits per heavy atom. The summed E-state index contributed by atoms with van der Waals surface area (Å²) in [6, 6.07) is 19.0. The maximum Gasteiger partial charge on any atom is 0.343 e. The van der Waals surface area contributed by atoms with Gasteiger partial charge in [0.05, 0.1) is 0 Å². The predicted octanol–water partition coefficient (Wildman–Crippen LogP) is 3.14. The largest absolute Gasteiger partial charge is 0.460 e. The molecule has 0 spiro atoms. The van der Waals surface area contributed by atoms with E-state index < -0.39 is 11.6 Å².